The van der Waals surface area contributed by atoms with Crippen molar-refractivity contribution in [3.05, 3.63) is 126 Å². The number of ether oxygens (including phenoxy) is 1. The van der Waals surface area contributed by atoms with Gasteiger partial charge < -0.3 is 41.3 Å². The first kappa shape index (κ1) is 69.7. The number of oxazole rings is 2. The first-order chi connectivity index (χ1) is 31.7. The number of fused-ring (bicyclic) bond motifs is 2. The van der Waals surface area contributed by atoms with Gasteiger partial charge in [0.05, 0.1) is 5.69 Å². The SMILES string of the molecule is CC(=O)Nc1c(F)cc(Br)cc1F.CC(=O)O.CC(=O)OC(C)=O.Cc1nc2c(F)cc(-c3ccnc(Cl)n3)cc2o1.Cc1nc2c(F)cc(Br)cc2o1.Nc1c(F)cc(Br)cc1F.O=CO[O-].[Cs+].[Cs+].[H-]. The van der Waals surface area contributed by atoms with Gasteiger partial charge in [-0.1, -0.05) is 47.8 Å². The number of rotatable bonds is 3. The number of benzene rings is 4. The zero-order valence-corrected chi connectivity index (χ0v) is 55.6. The molecule has 29 heteroatoms. The summed E-state index contributed by atoms with van der Waals surface area (Å²) in [6, 6.07) is 12.1. The molecule has 366 valence electrons. The summed E-state index contributed by atoms with van der Waals surface area (Å²) < 4.78 is 93.5. The van der Waals surface area contributed by atoms with Crippen LogP contribution in [0, 0.1) is 48.8 Å². The van der Waals surface area contributed by atoms with E-state index in [2.05, 4.69) is 82.7 Å². The first-order valence-electron chi connectivity index (χ1n) is 17.9. The second-order valence-corrected chi connectivity index (χ2v) is 15.3. The first-order valence-corrected chi connectivity index (χ1v) is 20.7. The number of carboxylic acids is 1. The molecule has 0 saturated heterocycles. The van der Waals surface area contributed by atoms with Crippen molar-refractivity contribution in [1.29, 1.82) is 0 Å². The van der Waals surface area contributed by atoms with Gasteiger partial charge in [0.15, 0.2) is 46.2 Å². The van der Waals surface area contributed by atoms with Crippen LogP contribution >= 0.6 is 59.4 Å². The third kappa shape index (κ3) is 27.1. The number of nitrogens with zero attached hydrogens (tertiary/aromatic N) is 4. The average molecular weight is 1440 g/mol. The van der Waals surface area contributed by atoms with Crippen LogP contribution in [-0.4, -0.2) is 55.3 Å². The van der Waals surface area contributed by atoms with Crippen molar-refractivity contribution in [1.82, 2.24) is 19.9 Å². The molecule has 0 radical (unpaired) electrons. The molecule has 0 unspecified atom stereocenters. The van der Waals surface area contributed by atoms with E-state index >= 15 is 0 Å². The van der Waals surface area contributed by atoms with E-state index in [1.165, 1.54) is 39.1 Å². The van der Waals surface area contributed by atoms with E-state index in [1.54, 1.807) is 32.0 Å². The van der Waals surface area contributed by atoms with Gasteiger partial charge in [0.2, 0.25) is 11.2 Å². The molecule has 1 amide bonds. The Labute approximate surface area is 542 Å². The number of hydrogen-bond acceptors (Lipinski definition) is 15. The predicted molar refractivity (Wildman–Crippen MR) is 242 cm³/mol. The van der Waals surface area contributed by atoms with Crippen LogP contribution in [0.1, 0.15) is 40.9 Å². The van der Waals surface area contributed by atoms with E-state index in [-0.39, 0.29) is 172 Å². The minimum atomic E-state index is -0.833. The number of anilines is 2. The standard InChI is InChI=1S/C12H7ClFN3O.C8H6BrF2NO.C8H5BrFNO.C6H4BrF2N.C4H6O3.C2H4O2.CH2O3.2Cs.H/c1-6-16-11-8(14)4-7(5-10(11)18-6)9-2-3-15-12(13)17-9;1-4(13)12-8-6(10)2-5(9)3-7(8)11;1-4-11-8-6(10)2-5(9)3-7(8)12-4;7-3-1-4(8)6(10)5(9)2-3;1-3(5)7-4(2)6;1-2(3)4;2-1-4-3;;;/h2-5H,1H3;2-3H,1H3,(H,12,13);2-3H,1H3;1-2H,10H2;1-2H3;1H3,(H,3,4);1,3H;;;/q;;;;;;;2*+1;-1/p-1. The number of aliphatic carboxylic acids is 1. The van der Waals surface area contributed by atoms with E-state index < -0.39 is 64.3 Å². The quantitative estimate of drug-likeness (QED) is 0.0328. The Morgan fingerprint density at radius 3 is 1.50 bits per heavy atom. The van der Waals surface area contributed by atoms with Gasteiger partial charge in [0, 0.05) is 66.7 Å². The number of hydrogen-bond donors (Lipinski definition) is 3. The summed E-state index contributed by atoms with van der Waals surface area (Å²) in [4.78, 5) is 66.1. The van der Waals surface area contributed by atoms with Crippen molar-refractivity contribution in [3.63, 3.8) is 0 Å². The van der Waals surface area contributed by atoms with Gasteiger partial charge in [-0.3, -0.25) is 24.0 Å². The van der Waals surface area contributed by atoms with Gasteiger partial charge in [0.1, 0.15) is 34.0 Å². The number of carbonyl (C=O) groups excluding carboxylic acids is 4. The Balaban J connectivity index is -0.000000795. The van der Waals surface area contributed by atoms with Crippen LogP contribution in [0.15, 0.2) is 83.0 Å². The second-order valence-electron chi connectivity index (χ2n) is 12.2. The van der Waals surface area contributed by atoms with E-state index in [4.69, 9.17) is 46.1 Å². The minimum absolute atomic E-state index is 0. The molecule has 0 atom stereocenters. The maximum Gasteiger partial charge on any atom is 1.00 e. The maximum atomic E-state index is 13.8. The van der Waals surface area contributed by atoms with E-state index in [1.807, 2.05) is 0 Å². The Hall–Kier alpha value is -2.38. The number of nitrogens with two attached hydrogens (primary N) is 1. The van der Waals surface area contributed by atoms with Crippen LogP contribution in [0.5, 0.6) is 0 Å². The van der Waals surface area contributed by atoms with Gasteiger partial charge >= 0.3 is 150 Å². The fraction of sp³-hybridized carbons (Fsp3) is 0.146. The fourth-order valence-corrected chi connectivity index (χ4v) is 5.76. The van der Waals surface area contributed by atoms with Crippen molar-refractivity contribution in [2.24, 2.45) is 0 Å². The molecule has 7 rings (SSSR count). The number of nitrogens with one attached hydrogen (secondary N) is 1. The predicted octanol–water partition coefficient (Wildman–Crippen LogP) is 4.16. The third-order valence-corrected chi connectivity index (χ3v) is 8.23. The summed E-state index contributed by atoms with van der Waals surface area (Å²) in [7, 11) is 0. The number of amides is 1. The number of aromatic nitrogens is 4. The summed E-state index contributed by atoms with van der Waals surface area (Å²) >= 11 is 14.7. The summed E-state index contributed by atoms with van der Waals surface area (Å²) in [5.41, 5.74) is 6.58. The number of halogens is 10. The molecule has 0 saturated carbocycles. The number of esters is 2. The Morgan fingerprint density at radius 2 is 1.11 bits per heavy atom. The Kier molecular flexibility index (Phi) is 35.6. The third-order valence-electron chi connectivity index (χ3n) is 6.68. The molecule has 4 aromatic carbocycles. The molecule has 4 N–H and O–H groups in total. The fourth-order valence-electron chi connectivity index (χ4n) is 4.40. The van der Waals surface area contributed by atoms with Crippen LogP contribution in [-0.2, 0) is 33.6 Å². The van der Waals surface area contributed by atoms with Crippen LogP contribution in [0.3, 0.4) is 0 Å². The zero-order chi connectivity index (χ0) is 52.0. The number of carbonyl (C=O) groups is 5. The molecule has 0 aliphatic rings. The largest absolute Gasteiger partial charge is 1.00 e. The van der Waals surface area contributed by atoms with Gasteiger partial charge in [0.25, 0.3) is 12.4 Å². The average Bonchev–Trinajstić information content (AvgIpc) is 3.80. The zero-order valence-electron chi connectivity index (χ0n) is 38.5. The maximum absolute atomic E-state index is 13.8. The summed E-state index contributed by atoms with van der Waals surface area (Å²) in [5.74, 6) is -5.49. The van der Waals surface area contributed by atoms with E-state index in [0.29, 0.717) is 43.2 Å². The van der Waals surface area contributed by atoms with E-state index in [0.717, 1.165) is 31.2 Å². The van der Waals surface area contributed by atoms with Crippen LogP contribution in [0.4, 0.5) is 37.7 Å². The second kappa shape index (κ2) is 35.7. The van der Waals surface area contributed by atoms with Gasteiger partial charge in [-0.15, -0.1) is 0 Å². The van der Waals surface area contributed by atoms with Gasteiger partial charge in [-0.2, -0.15) is 0 Å². The molecule has 70 heavy (non-hydrogen) atoms. The molecule has 0 fully saturated rings. The molecule has 0 spiro atoms. The molecule has 0 bridgehead atoms. The molecule has 3 heterocycles. The molecule has 0 aliphatic heterocycles. The molecule has 7 aromatic rings. The van der Waals surface area contributed by atoms with Crippen molar-refractivity contribution in [3.8, 4) is 11.3 Å². The number of nitrogen functional groups attached to an aromatic ring is 1. The van der Waals surface area contributed by atoms with Crippen LogP contribution < -0.4 is 154 Å². The molecular formula is C41H34Br3ClCs2F6N6O11. The summed E-state index contributed by atoms with van der Waals surface area (Å²) in [6.07, 6.45) is 1.51. The van der Waals surface area contributed by atoms with Crippen LogP contribution in [0.2, 0.25) is 5.28 Å². The number of carboxylic acid groups (broad SMARTS) is 1. The Bertz CT molecular complexity index is 2840. The summed E-state index contributed by atoms with van der Waals surface area (Å²) in [5, 5.41) is 18.0. The van der Waals surface area contributed by atoms with Crippen LogP contribution in [0.25, 0.3) is 33.5 Å². The van der Waals surface area contributed by atoms with Gasteiger partial charge in [-0.25, -0.2) is 46.3 Å². The molecular weight excluding hydrogens is 1410 g/mol. The van der Waals surface area contributed by atoms with Crippen molar-refractivity contribution < 1.29 is 218 Å². The topological polar surface area (TPSA) is 263 Å². The minimum Gasteiger partial charge on any atom is -1.00 e. The smallest absolute Gasteiger partial charge is 1.00 e. The van der Waals surface area contributed by atoms with Crippen molar-refractivity contribution in [2.75, 3.05) is 11.1 Å². The van der Waals surface area contributed by atoms with E-state index in [9.17, 15) is 40.7 Å². The van der Waals surface area contributed by atoms with Crippen molar-refractivity contribution >= 4 is 123 Å². The monoisotopic (exact) mass is 1440 g/mol. The Morgan fingerprint density at radius 1 is 0.729 bits per heavy atom. The molecule has 17 nitrogen and oxygen atoms in total. The van der Waals surface area contributed by atoms with Crippen molar-refractivity contribution in [2.45, 2.75) is 41.5 Å². The number of aryl methyl sites for hydroxylation is 2. The summed E-state index contributed by atoms with van der Waals surface area (Å²) in [6.45, 7) is 7.80. The molecule has 3 aromatic heterocycles. The normalized spacial score (nSPS) is 9.39. The molecule has 0 aliphatic carbocycles. The van der Waals surface area contributed by atoms with Gasteiger partial charge in [-0.05, 0) is 66.2 Å².